The first-order chi connectivity index (χ1) is 12.3. The Morgan fingerprint density at radius 3 is 2.58 bits per heavy atom. The van der Waals surface area contributed by atoms with Crippen molar-refractivity contribution in [1.82, 2.24) is 9.97 Å². The lowest BCUT2D eigenvalue weighted by Crippen LogP contribution is -2.26. The van der Waals surface area contributed by atoms with E-state index in [1.807, 2.05) is 0 Å². The minimum atomic E-state index is -0.872. The molecule has 0 aliphatic rings. The van der Waals surface area contributed by atoms with Gasteiger partial charge in [-0.2, -0.15) is 0 Å². The van der Waals surface area contributed by atoms with Crippen molar-refractivity contribution in [3.05, 3.63) is 52.4 Å². The van der Waals surface area contributed by atoms with Crippen LogP contribution in [0.25, 0.3) is 0 Å². The van der Waals surface area contributed by atoms with Crippen LogP contribution in [-0.4, -0.2) is 27.7 Å². The lowest BCUT2D eigenvalue weighted by Gasteiger charge is -2.19. The van der Waals surface area contributed by atoms with E-state index in [9.17, 15) is 13.9 Å². The largest absolute Gasteiger partial charge is 0.394 e. The van der Waals surface area contributed by atoms with Crippen LogP contribution in [0.2, 0.25) is 5.15 Å². The van der Waals surface area contributed by atoms with Crippen LogP contribution in [0.4, 0.5) is 14.6 Å². The molecule has 26 heavy (non-hydrogen) atoms. The molecule has 4 nitrogen and oxygen atoms in total. The molecule has 1 unspecified atom stereocenters. The van der Waals surface area contributed by atoms with Gasteiger partial charge in [-0.1, -0.05) is 44.5 Å². The number of hydrogen-bond donors (Lipinski definition) is 2. The molecule has 2 N–H and O–H groups in total. The van der Waals surface area contributed by atoms with E-state index in [-0.39, 0.29) is 29.3 Å². The Bertz CT molecular complexity index is 743. The molecule has 2 rings (SSSR count). The van der Waals surface area contributed by atoms with Crippen LogP contribution in [0.3, 0.4) is 0 Å². The van der Waals surface area contributed by atoms with Crippen LogP contribution in [0.1, 0.15) is 44.5 Å². The SMILES string of the molecule is CC(C)C[C@H](CO)Nc1cc(Cl)nc(CC(C)c2cccc(F)c2F)n1. The van der Waals surface area contributed by atoms with Crippen molar-refractivity contribution in [2.24, 2.45) is 5.92 Å². The summed E-state index contributed by atoms with van der Waals surface area (Å²) in [5, 5.41) is 12.9. The highest BCUT2D eigenvalue weighted by Gasteiger charge is 2.17. The summed E-state index contributed by atoms with van der Waals surface area (Å²) in [4.78, 5) is 8.59. The predicted octanol–water partition coefficient (Wildman–Crippen LogP) is 4.57. The van der Waals surface area contributed by atoms with Gasteiger partial charge in [-0.05, 0) is 29.9 Å². The molecule has 0 bridgehead atoms. The monoisotopic (exact) mass is 383 g/mol. The maximum Gasteiger partial charge on any atom is 0.162 e. The molecule has 2 atom stereocenters. The first-order valence-electron chi connectivity index (χ1n) is 8.64. The number of benzene rings is 1. The van der Waals surface area contributed by atoms with Gasteiger partial charge in [0.25, 0.3) is 0 Å². The molecule has 0 aliphatic carbocycles. The Hall–Kier alpha value is -1.79. The van der Waals surface area contributed by atoms with E-state index in [2.05, 4.69) is 29.1 Å². The summed E-state index contributed by atoms with van der Waals surface area (Å²) in [5.41, 5.74) is 0.274. The third-order valence-electron chi connectivity index (χ3n) is 4.07. The fourth-order valence-electron chi connectivity index (χ4n) is 2.87. The van der Waals surface area contributed by atoms with Crippen LogP contribution in [0.5, 0.6) is 0 Å². The first kappa shape index (κ1) is 20.5. The average molecular weight is 384 g/mol. The summed E-state index contributed by atoms with van der Waals surface area (Å²) in [5.74, 6) is -0.696. The Balaban J connectivity index is 2.17. The van der Waals surface area contributed by atoms with Gasteiger partial charge in [0, 0.05) is 12.5 Å². The number of nitrogens with zero attached hydrogens (tertiary/aromatic N) is 2. The summed E-state index contributed by atoms with van der Waals surface area (Å²) in [6.07, 6.45) is 1.09. The fourth-order valence-corrected chi connectivity index (χ4v) is 3.07. The quantitative estimate of drug-likeness (QED) is 0.655. The zero-order chi connectivity index (χ0) is 19.3. The summed E-state index contributed by atoms with van der Waals surface area (Å²) >= 11 is 6.08. The van der Waals surface area contributed by atoms with Crippen LogP contribution >= 0.6 is 11.6 Å². The van der Waals surface area contributed by atoms with Crippen LogP contribution in [0, 0.1) is 17.6 Å². The number of hydrogen-bond acceptors (Lipinski definition) is 4. The van der Waals surface area contributed by atoms with Crippen molar-refractivity contribution >= 4 is 17.4 Å². The predicted molar refractivity (Wildman–Crippen MR) is 99.5 cm³/mol. The van der Waals surface area contributed by atoms with Gasteiger partial charge in [0.2, 0.25) is 0 Å². The molecule has 2 aromatic rings. The molecule has 1 aromatic heterocycles. The highest BCUT2D eigenvalue weighted by atomic mass is 35.5. The second-order valence-corrected chi connectivity index (χ2v) is 7.28. The second kappa shape index (κ2) is 9.24. The molecule has 0 aliphatic heterocycles. The Morgan fingerprint density at radius 2 is 1.92 bits per heavy atom. The van der Waals surface area contributed by atoms with Crippen LogP contribution in [0.15, 0.2) is 24.3 Å². The van der Waals surface area contributed by atoms with Gasteiger partial charge in [-0.25, -0.2) is 18.7 Å². The molecule has 1 heterocycles. The number of aliphatic hydroxyl groups excluding tert-OH is 1. The second-order valence-electron chi connectivity index (χ2n) is 6.89. The molecule has 0 amide bonds. The van der Waals surface area contributed by atoms with Crippen molar-refractivity contribution in [3.8, 4) is 0 Å². The standard InChI is InChI=1S/C19H24ClF2N3O/c1-11(2)7-13(10-26)23-18-9-16(20)24-17(25-18)8-12(3)14-5-4-6-15(21)19(14)22/h4-6,9,11-13,26H,7-8,10H2,1-3H3,(H,23,24,25)/t12?,13-/m1/s1. The van der Waals surface area contributed by atoms with E-state index < -0.39 is 11.6 Å². The van der Waals surface area contributed by atoms with E-state index in [4.69, 9.17) is 11.6 Å². The Labute approximate surface area is 157 Å². The molecular formula is C19H24ClF2N3O. The zero-order valence-corrected chi connectivity index (χ0v) is 15.9. The van der Waals surface area contributed by atoms with E-state index in [1.165, 1.54) is 6.07 Å². The van der Waals surface area contributed by atoms with Gasteiger partial charge in [-0.3, -0.25) is 0 Å². The van der Waals surface area contributed by atoms with Crippen LogP contribution < -0.4 is 5.32 Å². The van der Waals surface area contributed by atoms with E-state index in [0.29, 0.717) is 24.0 Å². The summed E-state index contributed by atoms with van der Waals surface area (Å²) in [7, 11) is 0. The third-order valence-corrected chi connectivity index (χ3v) is 4.26. The van der Waals surface area contributed by atoms with E-state index >= 15 is 0 Å². The lowest BCUT2D eigenvalue weighted by molar-refractivity contribution is 0.259. The normalized spacial score (nSPS) is 13.7. The van der Waals surface area contributed by atoms with Gasteiger partial charge in [0.15, 0.2) is 11.6 Å². The summed E-state index contributed by atoms with van der Waals surface area (Å²) in [6.45, 7) is 5.89. The molecule has 0 radical (unpaired) electrons. The van der Waals surface area contributed by atoms with Gasteiger partial charge >= 0.3 is 0 Å². The number of anilines is 1. The molecule has 0 saturated heterocycles. The van der Waals surface area contributed by atoms with Crippen molar-refractivity contribution in [2.45, 2.75) is 45.6 Å². The van der Waals surface area contributed by atoms with Crippen molar-refractivity contribution in [2.75, 3.05) is 11.9 Å². The molecular weight excluding hydrogens is 360 g/mol. The fraction of sp³-hybridized carbons (Fsp3) is 0.474. The number of rotatable bonds is 8. The van der Waals surface area contributed by atoms with Crippen LogP contribution in [-0.2, 0) is 6.42 Å². The summed E-state index contributed by atoms with van der Waals surface area (Å²) in [6, 6.07) is 5.56. The van der Waals surface area contributed by atoms with Gasteiger partial charge in [0.05, 0.1) is 12.6 Å². The molecule has 0 spiro atoms. The van der Waals surface area contributed by atoms with E-state index in [0.717, 1.165) is 12.5 Å². The average Bonchev–Trinajstić information content (AvgIpc) is 2.55. The Kier molecular flexibility index (Phi) is 7.29. The minimum Gasteiger partial charge on any atom is -0.394 e. The smallest absolute Gasteiger partial charge is 0.162 e. The Morgan fingerprint density at radius 1 is 1.19 bits per heavy atom. The third kappa shape index (κ3) is 5.61. The number of nitrogens with one attached hydrogen (secondary N) is 1. The number of aromatic nitrogens is 2. The van der Waals surface area contributed by atoms with Crippen molar-refractivity contribution in [1.29, 1.82) is 0 Å². The topological polar surface area (TPSA) is 58.0 Å². The van der Waals surface area contributed by atoms with E-state index in [1.54, 1.807) is 19.1 Å². The molecule has 0 fully saturated rings. The number of aliphatic hydroxyl groups is 1. The maximum absolute atomic E-state index is 14.0. The lowest BCUT2D eigenvalue weighted by atomic mass is 9.96. The highest BCUT2D eigenvalue weighted by molar-refractivity contribution is 6.29. The van der Waals surface area contributed by atoms with Gasteiger partial charge < -0.3 is 10.4 Å². The van der Waals surface area contributed by atoms with Gasteiger partial charge in [-0.15, -0.1) is 0 Å². The zero-order valence-electron chi connectivity index (χ0n) is 15.1. The van der Waals surface area contributed by atoms with Crippen molar-refractivity contribution < 1.29 is 13.9 Å². The number of halogens is 3. The molecule has 142 valence electrons. The molecule has 1 aromatic carbocycles. The first-order valence-corrected chi connectivity index (χ1v) is 9.02. The molecule has 7 heteroatoms. The van der Waals surface area contributed by atoms with Gasteiger partial charge in [0.1, 0.15) is 16.8 Å². The highest BCUT2D eigenvalue weighted by Crippen LogP contribution is 2.25. The molecule has 0 saturated carbocycles. The maximum atomic E-state index is 14.0. The summed E-state index contributed by atoms with van der Waals surface area (Å²) < 4.78 is 27.4. The minimum absolute atomic E-state index is 0.0277. The van der Waals surface area contributed by atoms with Crippen molar-refractivity contribution in [3.63, 3.8) is 0 Å².